The first kappa shape index (κ1) is 38.5. The number of methoxy groups -OCH3 is 2. The molecule has 3 unspecified atom stereocenters. The number of hydrogen-bond acceptors (Lipinski definition) is 9. The van der Waals surface area contributed by atoms with E-state index in [-0.39, 0.29) is 55.0 Å². The van der Waals surface area contributed by atoms with E-state index in [2.05, 4.69) is 30.7 Å². The molecule has 3 atom stereocenters. The van der Waals surface area contributed by atoms with Crippen molar-refractivity contribution in [2.24, 2.45) is 5.92 Å². The van der Waals surface area contributed by atoms with E-state index in [0.29, 0.717) is 37.3 Å². The average Bonchev–Trinajstić information content (AvgIpc) is 3.87. The first-order valence-electron chi connectivity index (χ1n) is 17.8. The molecule has 0 bridgehead atoms. The number of aromatic nitrogens is 2. The Morgan fingerprint density at radius 3 is 2.19 bits per heavy atom. The summed E-state index contributed by atoms with van der Waals surface area (Å²) in [5.74, 6) is -0.452. The van der Waals surface area contributed by atoms with Gasteiger partial charge < -0.3 is 40.2 Å². The second-order valence-corrected chi connectivity index (χ2v) is 13.5. The van der Waals surface area contributed by atoms with Gasteiger partial charge in [0, 0.05) is 31.6 Å². The minimum Gasteiger partial charge on any atom is -0.453 e. The smallest absolute Gasteiger partial charge is 0.407 e. The molecule has 3 aromatic rings. The molecule has 15 heteroatoms. The fourth-order valence-electron chi connectivity index (χ4n) is 6.64. The molecular formula is C38H47N7O8. The number of benzene rings is 2. The van der Waals surface area contributed by atoms with Gasteiger partial charge in [0.05, 0.1) is 38.7 Å². The van der Waals surface area contributed by atoms with Gasteiger partial charge in [0.1, 0.15) is 17.9 Å². The topological polar surface area (TPSA) is 192 Å². The molecule has 53 heavy (non-hydrogen) atoms. The summed E-state index contributed by atoms with van der Waals surface area (Å²) in [5, 5.41) is 7.82. The number of piperidine rings is 1. The number of H-pyrrole nitrogens is 1. The highest BCUT2D eigenvalue weighted by atomic mass is 16.5. The maximum absolute atomic E-state index is 13.5. The molecule has 2 aromatic carbocycles. The van der Waals surface area contributed by atoms with E-state index >= 15 is 0 Å². The number of imidazole rings is 1. The molecule has 5 rings (SSSR count). The number of hydrogen-bond donors (Lipinski definition) is 4. The maximum atomic E-state index is 13.5. The number of aromatic amines is 1. The summed E-state index contributed by atoms with van der Waals surface area (Å²) in [5.41, 5.74) is 4.04. The lowest BCUT2D eigenvalue weighted by Gasteiger charge is -2.32. The molecule has 0 spiro atoms. The van der Waals surface area contributed by atoms with Crippen LogP contribution in [-0.2, 0) is 23.9 Å². The highest BCUT2D eigenvalue weighted by Crippen LogP contribution is 2.33. The number of amides is 5. The van der Waals surface area contributed by atoms with Crippen LogP contribution in [-0.4, -0.2) is 108 Å². The number of Topliss-reactive ketones (excluding diaryl/α,β-unsaturated/α-hetero) is 1. The minimum absolute atomic E-state index is 0.0341. The van der Waals surface area contributed by atoms with Crippen LogP contribution in [0, 0.1) is 5.92 Å². The van der Waals surface area contributed by atoms with Crippen molar-refractivity contribution < 1.29 is 38.2 Å². The highest BCUT2D eigenvalue weighted by Gasteiger charge is 2.37. The van der Waals surface area contributed by atoms with Crippen molar-refractivity contribution in [1.82, 2.24) is 35.7 Å². The largest absolute Gasteiger partial charge is 0.453 e. The highest BCUT2D eigenvalue weighted by molar-refractivity contribution is 5.99. The van der Waals surface area contributed by atoms with E-state index in [0.717, 1.165) is 35.2 Å². The van der Waals surface area contributed by atoms with E-state index in [4.69, 9.17) is 4.74 Å². The molecule has 0 aliphatic carbocycles. The number of alkyl carbamates (subject to hydrolysis) is 2. The van der Waals surface area contributed by atoms with Crippen LogP contribution in [0.2, 0.25) is 0 Å². The van der Waals surface area contributed by atoms with Gasteiger partial charge in [-0.2, -0.15) is 0 Å². The Bertz CT molecular complexity index is 1790. The Morgan fingerprint density at radius 2 is 1.53 bits per heavy atom. The Kier molecular flexibility index (Phi) is 12.8. The summed E-state index contributed by atoms with van der Waals surface area (Å²) in [6.45, 7) is 4.83. The van der Waals surface area contributed by atoms with Crippen LogP contribution in [0.3, 0.4) is 0 Å². The van der Waals surface area contributed by atoms with Gasteiger partial charge in [-0.1, -0.05) is 62.4 Å². The number of nitrogens with one attached hydrogen (secondary N) is 4. The molecule has 4 N–H and O–H groups in total. The zero-order valence-electron chi connectivity index (χ0n) is 30.5. The summed E-state index contributed by atoms with van der Waals surface area (Å²) in [6.07, 6.45) is 3.25. The van der Waals surface area contributed by atoms with Crippen molar-refractivity contribution in [2.45, 2.75) is 64.1 Å². The van der Waals surface area contributed by atoms with Crippen LogP contribution in [0.1, 0.15) is 68.2 Å². The van der Waals surface area contributed by atoms with Crippen LogP contribution in [0.5, 0.6) is 0 Å². The molecule has 1 aromatic heterocycles. The Balaban J connectivity index is 1.12. The van der Waals surface area contributed by atoms with E-state index in [1.54, 1.807) is 23.2 Å². The SMILES string of the molecule is COC(=O)NC1CCCN(CCC(=O)NCC(=O)c2ccc(-c3ccc(-c4cnc(C5CCCN5C(=O)C(NC(=O)OC)C(C)C)[nH]4)cc3)cc2)C1=O. The van der Waals surface area contributed by atoms with Crippen molar-refractivity contribution in [3.05, 3.63) is 66.1 Å². The van der Waals surface area contributed by atoms with Crippen LogP contribution in [0.15, 0.2) is 54.7 Å². The maximum Gasteiger partial charge on any atom is 0.407 e. The van der Waals surface area contributed by atoms with Crippen molar-refractivity contribution in [2.75, 3.05) is 40.4 Å². The number of rotatable bonds is 13. The lowest BCUT2D eigenvalue weighted by Crippen LogP contribution is -2.52. The van der Waals surface area contributed by atoms with Gasteiger partial charge in [-0.25, -0.2) is 14.6 Å². The summed E-state index contributed by atoms with van der Waals surface area (Å²) in [6, 6.07) is 13.4. The molecule has 2 fully saturated rings. The van der Waals surface area contributed by atoms with E-state index in [1.165, 1.54) is 19.1 Å². The molecular weight excluding hydrogens is 682 g/mol. The second kappa shape index (κ2) is 17.7. The fourth-order valence-corrected chi connectivity index (χ4v) is 6.64. The third-order valence-corrected chi connectivity index (χ3v) is 9.64. The molecule has 0 saturated carbocycles. The predicted molar refractivity (Wildman–Crippen MR) is 194 cm³/mol. The zero-order chi connectivity index (χ0) is 38.1. The van der Waals surface area contributed by atoms with Gasteiger partial charge in [0.15, 0.2) is 5.78 Å². The number of carbonyl (C=O) groups excluding carboxylic acids is 6. The molecule has 2 aliphatic heterocycles. The predicted octanol–water partition coefficient (Wildman–Crippen LogP) is 3.82. The molecule has 15 nitrogen and oxygen atoms in total. The summed E-state index contributed by atoms with van der Waals surface area (Å²) in [7, 11) is 2.50. The quantitative estimate of drug-likeness (QED) is 0.189. The molecule has 282 valence electrons. The van der Waals surface area contributed by atoms with E-state index in [1.807, 2.05) is 50.2 Å². The first-order valence-corrected chi connectivity index (χ1v) is 17.8. The Hall–Kier alpha value is -5.73. The van der Waals surface area contributed by atoms with Gasteiger partial charge in [-0.3, -0.25) is 19.2 Å². The average molecular weight is 730 g/mol. The minimum atomic E-state index is -0.707. The van der Waals surface area contributed by atoms with Crippen molar-refractivity contribution in [1.29, 1.82) is 0 Å². The molecule has 2 aliphatic rings. The summed E-state index contributed by atoms with van der Waals surface area (Å²) < 4.78 is 9.30. The van der Waals surface area contributed by atoms with Crippen molar-refractivity contribution in [3.8, 4) is 22.4 Å². The van der Waals surface area contributed by atoms with Crippen LogP contribution >= 0.6 is 0 Å². The normalized spacial score (nSPS) is 17.6. The van der Waals surface area contributed by atoms with E-state index in [9.17, 15) is 28.8 Å². The zero-order valence-corrected chi connectivity index (χ0v) is 30.5. The number of ether oxygens (including phenoxy) is 2. The lowest BCUT2D eigenvalue weighted by molar-refractivity contribution is -0.136. The van der Waals surface area contributed by atoms with Crippen LogP contribution in [0.4, 0.5) is 9.59 Å². The Labute approximate surface area is 308 Å². The number of likely N-dealkylation sites (tertiary alicyclic amines) is 2. The summed E-state index contributed by atoms with van der Waals surface area (Å²) >= 11 is 0. The number of ketones is 1. The standard InChI is InChI=1S/C38H47N7O8/c1-23(2)33(43-38(51)53-4)36(49)45-19-6-8-30(45)34-40-21-29(41-34)26-13-9-24(10-14-26)25-11-15-27(16-12-25)31(46)22-39-32(47)17-20-44-18-5-7-28(35(44)48)42-37(50)52-3/h9-16,21,23,28,30,33H,5-8,17-20,22H2,1-4H3,(H,39,47)(H,40,41)(H,42,50)(H,43,51). The number of carbonyl (C=O) groups is 6. The van der Waals surface area contributed by atoms with Gasteiger partial charge in [-0.15, -0.1) is 0 Å². The van der Waals surface area contributed by atoms with E-state index < -0.39 is 24.3 Å². The van der Waals surface area contributed by atoms with Gasteiger partial charge >= 0.3 is 12.2 Å². The monoisotopic (exact) mass is 729 g/mol. The molecule has 0 radical (unpaired) electrons. The van der Waals surface area contributed by atoms with Gasteiger partial charge in [0.25, 0.3) is 0 Å². The van der Waals surface area contributed by atoms with Crippen molar-refractivity contribution in [3.63, 3.8) is 0 Å². The fraction of sp³-hybridized carbons (Fsp3) is 0.447. The lowest BCUT2D eigenvalue weighted by atomic mass is 10.0. The molecule has 5 amide bonds. The first-order chi connectivity index (χ1) is 25.5. The Morgan fingerprint density at radius 1 is 0.887 bits per heavy atom. The van der Waals surface area contributed by atoms with Crippen LogP contribution in [0.25, 0.3) is 22.4 Å². The van der Waals surface area contributed by atoms with Gasteiger partial charge in [0.2, 0.25) is 17.7 Å². The second-order valence-electron chi connectivity index (χ2n) is 13.5. The van der Waals surface area contributed by atoms with Gasteiger partial charge in [-0.05, 0) is 48.3 Å². The van der Waals surface area contributed by atoms with Crippen LogP contribution < -0.4 is 16.0 Å². The third-order valence-electron chi connectivity index (χ3n) is 9.64. The number of nitrogens with zero attached hydrogens (tertiary/aromatic N) is 3. The third kappa shape index (κ3) is 9.58. The molecule has 2 saturated heterocycles. The van der Waals surface area contributed by atoms with Crippen molar-refractivity contribution >= 4 is 35.7 Å². The summed E-state index contributed by atoms with van der Waals surface area (Å²) in [4.78, 5) is 86.1. The molecule has 3 heterocycles.